The zero-order chi connectivity index (χ0) is 11.5. The summed E-state index contributed by atoms with van der Waals surface area (Å²) in [7, 11) is 3.22. The van der Waals surface area contributed by atoms with E-state index in [-0.39, 0.29) is 0 Å². The van der Waals surface area contributed by atoms with Gasteiger partial charge in [-0.1, -0.05) is 11.3 Å². The number of hydrogen-bond donors (Lipinski definition) is 0. The van der Waals surface area contributed by atoms with Crippen LogP contribution in [0.4, 0.5) is 0 Å². The standard InChI is InChI=1S/C10H9BrN2O2S/c1-14-7-4-3-6(5-8(7)15-2)9-12-13-10(11)16-9/h3-5H,1-2H3. The van der Waals surface area contributed by atoms with Gasteiger partial charge in [0.05, 0.1) is 14.2 Å². The number of benzene rings is 1. The van der Waals surface area contributed by atoms with Crippen molar-refractivity contribution in [3.05, 3.63) is 22.1 Å². The van der Waals surface area contributed by atoms with E-state index in [2.05, 4.69) is 26.1 Å². The maximum absolute atomic E-state index is 5.22. The minimum Gasteiger partial charge on any atom is -0.493 e. The highest BCUT2D eigenvalue weighted by molar-refractivity contribution is 9.11. The molecule has 4 nitrogen and oxygen atoms in total. The van der Waals surface area contributed by atoms with Crippen molar-refractivity contribution >= 4 is 27.3 Å². The van der Waals surface area contributed by atoms with Crippen molar-refractivity contribution < 1.29 is 9.47 Å². The summed E-state index contributed by atoms with van der Waals surface area (Å²) < 4.78 is 11.2. The van der Waals surface area contributed by atoms with Gasteiger partial charge in [-0.15, -0.1) is 10.2 Å². The second-order valence-corrected chi connectivity index (χ2v) is 5.18. The zero-order valence-electron chi connectivity index (χ0n) is 8.73. The van der Waals surface area contributed by atoms with Crippen molar-refractivity contribution in [1.82, 2.24) is 10.2 Å². The summed E-state index contributed by atoms with van der Waals surface area (Å²) in [6, 6.07) is 5.66. The van der Waals surface area contributed by atoms with Gasteiger partial charge in [-0.2, -0.15) is 0 Å². The molecule has 0 aliphatic rings. The highest BCUT2D eigenvalue weighted by Crippen LogP contribution is 2.34. The SMILES string of the molecule is COc1ccc(-c2nnc(Br)s2)cc1OC. The molecule has 0 spiro atoms. The lowest BCUT2D eigenvalue weighted by molar-refractivity contribution is 0.355. The fourth-order valence-electron chi connectivity index (χ4n) is 1.29. The van der Waals surface area contributed by atoms with E-state index in [1.165, 1.54) is 11.3 Å². The smallest absolute Gasteiger partial charge is 0.183 e. The third-order valence-corrected chi connectivity index (χ3v) is 3.44. The molecule has 0 saturated carbocycles. The summed E-state index contributed by atoms with van der Waals surface area (Å²) in [4.78, 5) is 0. The fraction of sp³-hybridized carbons (Fsp3) is 0.200. The van der Waals surface area contributed by atoms with Gasteiger partial charge >= 0.3 is 0 Å². The molecule has 0 atom stereocenters. The first-order chi connectivity index (χ1) is 7.74. The lowest BCUT2D eigenvalue weighted by Gasteiger charge is -2.07. The molecule has 2 rings (SSSR count). The van der Waals surface area contributed by atoms with Crippen LogP contribution in [0.15, 0.2) is 22.1 Å². The lowest BCUT2D eigenvalue weighted by Crippen LogP contribution is -1.90. The molecule has 0 aliphatic carbocycles. The van der Waals surface area contributed by atoms with Crippen LogP contribution in [0.25, 0.3) is 10.6 Å². The molecule has 0 N–H and O–H groups in total. The molecule has 0 amide bonds. The quantitative estimate of drug-likeness (QED) is 0.874. The average Bonchev–Trinajstić information content (AvgIpc) is 2.75. The van der Waals surface area contributed by atoms with Crippen molar-refractivity contribution in [2.75, 3.05) is 14.2 Å². The van der Waals surface area contributed by atoms with Gasteiger partial charge < -0.3 is 9.47 Å². The van der Waals surface area contributed by atoms with Crippen LogP contribution in [-0.2, 0) is 0 Å². The Balaban J connectivity index is 2.43. The first-order valence-electron chi connectivity index (χ1n) is 4.46. The monoisotopic (exact) mass is 300 g/mol. The van der Waals surface area contributed by atoms with Gasteiger partial charge in [-0.05, 0) is 34.1 Å². The summed E-state index contributed by atoms with van der Waals surface area (Å²) in [6.07, 6.45) is 0. The van der Waals surface area contributed by atoms with Gasteiger partial charge in [0.15, 0.2) is 15.4 Å². The van der Waals surface area contributed by atoms with Crippen LogP contribution in [0, 0.1) is 0 Å². The second kappa shape index (κ2) is 4.80. The van der Waals surface area contributed by atoms with Crippen LogP contribution in [-0.4, -0.2) is 24.4 Å². The normalized spacial score (nSPS) is 10.2. The summed E-state index contributed by atoms with van der Waals surface area (Å²) in [5.74, 6) is 1.39. The van der Waals surface area contributed by atoms with Crippen molar-refractivity contribution in [3.8, 4) is 22.1 Å². The number of nitrogens with zero attached hydrogens (tertiary/aromatic N) is 2. The molecule has 6 heteroatoms. The van der Waals surface area contributed by atoms with E-state index in [1.807, 2.05) is 18.2 Å². The number of methoxy groups -OCH3 is 2. The minimum atomic E-state index is 0.686. The zero-order valence-corrected chi connectivity index (χ0v) is 11.1. The number of aromatic nitrogens is 2. The van der Waals surface area contributed by atoms with E-state index in [0.29, 0.717) is 11.5 Å². The molecular formula is C10H9BrN2O2S. The first kappa shape index (κ1) is 11.3. The van der Waals surface area contributed by atoms with Crippen molar-refractivity contribution in [3.63, 3.8) is 0 Å². The van der Waals surface area contributed by atoms with E-state index in [4.69, 9.17) is 9.47 Å². The maximum Gasteiger partial charge on any atom is 0.183 e. The predicted octanol–water partition coefficient (Wildman–Crippen LogP) is 2.98. The highest BCUT2D eigenvalue weighted by atomic mass is 79.9. The molecule has 0 saturated heterocycles. The van der Waals surface area contributed by atoms with Gasteiger partial charge in [0.1, 0.15) is 5.01 Å². The van der Waals surface area contributed by atoms with Crippen molar-refractivity contribution in [1.29, 1.82) is 0 Å². The van der Waals surface area contributed by atoms with Gasteiger partial charge in [-0.3, -0.25) is 0 Å². The summed E-state index contributed by atoms with van der Waals surface area (Å²) in [5.41, 5.74) is 0.959. The summed E-state index contributed by atoms with van der Waals surface area (Å²) in [5, 5.41) is 8.79. The second-order valence-electron chi connectivity index (χ2n) is 2.93. The Morgan fingerprint density at radius 2 is 1.88 bits per heavy atom. The van der Waals surface area contributed by atoms with Crippen molar-refractivity contribution in [2.45, 2.75) is 0 Å². The van der Waals surface area contributed by atoms with Crippen LogP contribution >= 0.6 is 27.3 Å². The molecule has 1 aromatic carbocycles. The minimum absolute atomic E-state index is 0.686. The van der Waals surface area contributed by atoms with Crippen LogP contribution in [0.3, 0.4) is 0 Å². The molecule has 0 fully saturated rings. The van der Waals surface area contributed by atoms with Gasteiger partial charge in [0.2, 0.25) is 0 Å². The Bertz CT molecular complexity index is 501. The van der Waals surface area contributed by atoms with Gasteiger partial charge in [-0.25, -0.2) is 0 Å². The molecule has 1 heterocycles. The topological polar surface area (TPSA) is 44.2 Å². The third kappa shape index (κ3) is 2.17. The molecular weight excluding hydrogens is 292 g/mol. The van der Waals surface area contributed by atoms with Crippen LogP contribution in [0.2, 0.25) is 0 Å². The Labute approximate surface area is 105 Å². The lowest BCUT2D eigenvalue weighted by atomic mass is 10.2. The van der Waals surface area contributed by atoms with E-state index >= 15 is 0 Å². The fourth-order valence-corrected chi connectivity index (χ4v) is 2.40. The van der Waals surface area contributed by atoms with Crippen LogP contribution in [0.1, 0.15) is 0 Å². The predicted molar refractivity (Wildman–Crippen MR) is 66.1 cm³/mol. The largest absolute Gasteiger partial charge is 0.493 e. The van der Waals surface area contributed by atoms with E-state index < -0.39 is 0 Å². The van der Waals surface area contributed by atoms with E-state index in [0.717, 1.165) is 14.5 Å². The summed E-state index contributed by atoms with van der Waals surface area (Å²) >= 11 is 4.75. The highest BCUT2D eigenvalue weighted by Gasteiger charge is 2.09. The third-order valence-electron chi connectivity index (χ3n) is 2.03. The van der Waals surface area contributed by atoms with E-state index in [9.17, 15) is 0 Å². The Morgan fingerprint density at radius 1 is 1.12 bits per heavy atom. The Hall–Kier alpha value is -1.14. The summed E-state index contributed by atoms with van der Waals surface area (Å²) in [6.45, 7) is 0. The average molecular weight is 301 g/mol. The molecule has 0 bridgehead atoms. The molecule has 0 unspecified atom stereocenters. The molecule has 1 aromatic heterocycles. The van der Waals surface area contributed by atoms with Crippen LogP contribution in [0.5, 0.6) is 11.5 Å². The molecule has 84 valence electrons. The first-order valence-corrected chi connectivity index (χ1v) is 6.07. The van der Waals surface area contributed by atoms with Crippen LogP contribution < -0.4 is 9.47 Å². The number of rotatable bonds is 3. The molecule has 2 aromatic rings. The molecule has 0 aliphatic heterocycles. The maximum atomic E-state index is 5.22. The molecule has 0 radical (unpaired) electrons. The number of hydrogen-bond acceptors (Lipinski definition) is 5. The Kier molecular flexibility index (Phi) is 3.40. The molecule has 16 heavy (non-hydrogen) atoms. The van der Waals surface area contributed by atoms with Gasteiger partial charge in [0, 0.05) is 5.56 Å². The number of ether oxygens (including phenoxy) is 2. The van der Waals surface area contributed by atoms with Crippen molar-refractivity contribution in [2.24, 2.45) is 0 Å². The Morgan fingerprint density at radius 3 is 2.44 bits per heavy atom. The number of halogens is 1. The van der Waals surface area contributed by atoms with E-state index in [1.54, 1.807) is 14.2 Å². The van der Waals surface area contributed by atoms with Gasteiger partial charge in [0.25, 0.3) is 0 Å².